The van der Waals surface area contributed by atoms with Crippen LogP contribution in [0.3, 0.4) is 0 Å². The Hall–Kier alpha value is -1.97. The zero-order chi connectivity index (χ0) is 15.4. The summed E-state index contributed by atoms with van der Waals surface area (Å²) in [5, 5.41) is 12.1. The van der Waals surface area contributed by atoms with Crippen LogP contribution in [0.4, 0.5) is 5.69 Å². The van der Waals surface area contributed by atoms with Crippen molar-refractivity contribution >= 4 is 17.7 Å². The molecule has 1 aliphatic carbocycles. The fourth-order valence-corrected chi connectivity index (χ4v) is 3.15. The number of rotatable bonds is 4. The van der Waals surface area contributed by atoms with Crippen LogP contribution < -0.4 is 10.1 Å². The van der Waals surface area contributed by atoms with Gasteiger partial charge in [-0.15, -0.1) is 0 Å². The molecule has 22 heavy (non-hydrogen) atoms. The van der Waals surface area contributed by atoms with E-state index in [9.17, 15) is 4.79 Å². The third-order valence-electron chi connectivity index (χ3n) is 4.36. The highest BCUT2D eigenvalue weighted by Gasteiger charge is 2.20. The Balaban J connectivity index is 1.66. The smallest absolute Gasteiger partial charge is 0.303 e. The van der Waals surface area contributed by atoms with Crippen molar-refractivity contribution in [1.29, 1.82) is 0 Å². The molecule has 0 bridgehead atoms. The normalized spacial score (nSPS) is 20.5. The molecule has 0 spiro atoms. The number of ether oxygens (including phenoxy) is 1. The molecule has 2 N–H and O–H groups in total. The highest BCUT2D eigenvalue weighted by molar-refractivity contribution is 5.67. The highest BCUT2D eigenvalue weighted by Crippen LogP contribution is 2.32. The van der Waals surface area contributed by atoms with E-state index >= 15 is 0 Å². The van der Waals surface area contributed by atoms with E-state index in [1.54, 1.807) is 5.57 Å². The van der Waals surface area contributed by atoms with Crippen molar-refractivity contribution in [2.75, 3.05) is 11.9 Å². The molecule has 0 amide bonds. The van der Waals surface area contributed by atoms with E-state index < -0.39 is 5.97 Å². The molecule has 0 unspecified atom stereocenters. The van der Waals surface area contributed by atoms with Crippen LogP contribution in [0.5, 0.6) is 5.75 Å². The van der Waals surface area contributed by atoms with E-state index in [-0.39, 0.29) is 12.5 Å². The maximum atomic E-state index is 10.6. The Kier molecular flexibility index (Phi) is 4.66. The van der Waals surface area contributed by atoms with Crippen LogP contribution in [0.1, 0.15) is 50.5 Å². The van der Waals surface area contributed by atoms with Crippen LogP contribution in [-0.4, -0.2) is 23.7 Å². The van der Waals surface area contributed by atoms with Crippen molar-refractivity contribution in [1.82, 2.24) is 0 Å². The number of aliphatic carboxylic acids is 1. The fourth-order valence-electron chi connectivity index (χ4n) is 3.15. The van der Waals surface area contributed by atoms with Crippen LogP contribution in [0.15, 0.2) is 23.8 Å². The summed E-state index contributed by atoms with van der Waals surface area (Å²) < 4.78 is 5.88. The minimum atomic E-state index is -0.774. The van der Waals surface area contributed by atoms with E-state index in [4.69, 9.17) is 9.84 Å². The number of hydrogen-bond donors (Lipinski definition) is 2. The predicted octanol–water partition coefficient (Wildman–Crippen LogP) is 4.07. The number of carboxylic acids is 1. The molecular formula is C18H23NO3. The van der Waals surface area contributed by atoms with Crippen LogP contribution in [0.2, 0.25) is 0 Å². The molecule has 1 aromatic carbocycles. The Morgan fingerprint density at radius 2 is 2.14 bits per heavy atom. The molecular weight excluding hydrogens is 278 g/mol. The largest absolute Gasteiger partial charge is 0.486 e. The summed E-state index contributed by atoms with van der Waals surface area (Å²) in [5.74, 6) is 0.0521. The number of fused-ring (bicyclic) bond motifs is 1. The SMILES string of the molecule is O=C(O)CC[C@H]1CNc2cc(C=C3CCCCC3)ccc2O1. The monoisotopic (exact) mass is 301 g/mol. The summed E-state index contributed by atoms with van der Waals surface area (Å²) in [4.78, 5) is 10.6. The molecule has 4 heteroatoms. The number of anilines is 1. The summed E-state index contributed by atoms with van der Waals surface area (Å²) in [5.41, 5.74) is 3.77. The fraction of sp³-hybridized carbons (Fsp3) is 0.500. The molecule has 1 aliphatic heterocycles. The van der Waals surface area contributed by atoms with E-state index in [0.717, 1.165) is 11.4 Å². The first-order chi connectivity index (χ1) is 10.7. The van der Waals surface area contributed by atoms with E-state index in [1.165, 1.54) is 37.7 Å². The van der Waals surface area contributed by atoms with Gasteiger partial charge >= 0.3 is 5.97 Å². The number of hydrogen-bond acceptors (Lipinski definition) is 3. The molecule has 2 aliphatic rings. The van der Waals surface area contributed by atoms with Crippen molar-refractivity contribution in [3.63, 3.8) is 0 Å². The lowest BCUT2D eigenvalue weighted by molar-refractivity contribution is -0.137. The maximum Gasteiger partial charge on any atom is 0.303 e. The molecule has 0 radical (unpaired) electrons. The summed E-state index contributed by atoms with van der Waals surface area (Å²) in [6.07, 6.45) is 9.33. The zero-order valence-electron chi connectivity index (χ0n) is 12.8. The van der Waals surface area contributed by atoms with Gasteiger partial charge in [-0.3, -0.25) is 4.79 Å². The average molecular weight is 301 g/mol. The summed E-state index contributed by atoms with van der Waals surface area (Å²) in [7, 11) is 0. The standard InChI is InChI=1S/C18H23NO3/c20-18(21)9-7-15-12-19-16-11-14(6-8-17(16)22-15)10-13-4-2-1-3-5-13/h6,8,10-11,15,19H,1-5,7,9,12H2,(H,20,21)/t15-/m0/s1. The van der Waals surface area contributed by atoms with Gasteiger partial charge in [0.2, 0.25) is 0 Å². The number of benzene rings is 1. The van der Waals surface area contributed by atoms with Gasteiger partial charge in [0, 0.05) is 6.42 Å². The molecule has 0 saturated heterocycles. The van der Waals surface area contributed by atoms with Crippen molar-refractivity contribution in [3.8, 4) is 5.75 Å². The molecule has 118 valence electrons. The molecule has 1 aromatic rings. The minimum Gasteiger partial charge on any atom is -0.486 e. The summed E-state index contributed by atoms with van der Waals surface area (Å²) in [6, 6.07) is 6.20. The summed E-state index contributed by atoms with van der Waals surface area (Å²) >= 11 is 0. The number of allylic oxidation sites excluding steroid dienone is 1. The molecule has 1 heterocycles. The Morgan fingerprint density at radius 1 is 1.32 bits per heavy atom. The second-order valence-electron chi connectivity index (χ2n) is 6.17. The average Bonchev–Trinajstić information content (AvgIpc) is 2.54. The zero-order valence-corrected chi connectivity index (χ0v) is 12.8. The highest BCUT2D eigenvalue weighted by atomic mass is 16.5. The van der Waals surface area contributed by atoms with Gasteiger partial charge in [-0.1, -0.05) is 24.1 Å². The first-order valence-corrected chi connectivity index (χ1v) is 8.16. The minimum absolute atomic E-state index is 0.0638. The molecule has 3 rings (SSSR count). The van der Waals surface area contributed by atoms with Gasteiger partial charge in [-0.25, -0.2) is 0 Å². The van der Waals surface area contributed by atoms with Gasteiger partial charge in [0.1, 0.15) is 11.9 Å². The molecule has 0 aromatic heterocycles. The Bertz CT molecular complexity index is 572. The number of carbonyl (C=O) groups is 1. The van der Waals surface area contributed by atoms with Crippen LogP contribution in [-0.2, 0) is 4.79 Å². The van der Waals surface area contributed by atoms with Crippen molar-refractivity contribution < 1.29 is 14.6 Å². The van der Waals surface area contributed by atoms with Gasteiger partial charge in [-0.05, 0) is 49.8 Å². The van der Waals surface area contributed by atoms with Gasteiger partial charge in [-0.2, -0.15) is 0 Å². The van der Waals surface area contributed by atoms with Crippen molar-refractivity contribution in [3.05, 3.63) is 29.3 Å². The Morgan fingerprint density at radius 3 is 2.91 bits per heavy atom. The lowest BCUT2D eigenvalue weighted by Crippen LogP contribution is -2.31. The van der Waals surface area contributed by atoms with Crippen molar-refractivity contribution in [2.45, 2.75) is 51.0 Å². The van der Waals surface area contributed by atoms with E-state index in [0.29, 0.717) is 13.0 Å². The van der Waals surface area contributed by atoms with E-state index in [2.05, 4.69) is 23.5 Å². The number of nitrogens with one attached hydrogen (secondary N) is 1. The first kappa shape index (κ1) is 14.9. The lowest BCUT2D eigenvalue weighted by atomic mass is 9.93. The van der Waals surface area contributed by atoms with Crippen LogP contribution >= 0.6 is 0 Å². The molecule has 1 saturated carbocycles. The molecule has 4 nitrogen and oxygen atoms in total. The second-order valence-corrected chi connectivity index (χ2v) is 6.17. The van der Waals surface area contributed by atoms with Crippen molar-refractivity contribution in [2.24, 2.45) is 0 Å². The molecule has 1 fully saturated rings. The topological polar surface area (TPSA) is 58.6 Å². The second kappa shape index (κ2) is 6.86. The third kappa shape index (κ3) is 3.81. The maximum absolute atomic E-state index is 10.6. The summed E-state index contributed by atoms with van der Waals surface area (Å²) in [6.45, 7) is 0.667. The third-order valence-corrected chi connectivity index (χ3v) is 4.36. The van der Waals surface area contributed by atoms with Gasteiger partial charge in [0.25, 0.3) is 0 Å². The van der Waals surface area contributed by atoms with Gasteiger partial charge in [0.15, 0.2) is 0 Å². The molecule has 1 atom stereocenters. The predicted molar refractivity (Wildman–Crippen MR) is 87.3 cm³/mol. The van der Waals surface area contributed by atoms with Crippen LogP contribution in [0.25, 0.3) is 6.08 Å². The van der Waals surface area contributed by atoms with Gasteiger partial charge < -0.3 is 15.2 Å². The van der Waals surface area contributed by atoms with Gasteiger partial charge in [0.05, 0.1) is 12.2 Å². The van der Waals surface area contributed by atoms with E-state index in [1.807, 2.05) is 6.07 Å². The first-order valence-electron chi connectivity index (χ1n) is 8.16. The lowest BCUT2D eigenvalue weighted by Gasteiger charge is -2.27. The quantitative estimate of drug-likeness (QED) is 0.880. The van der Waals surface area contributed by atoms with Crippen LogP contribution in [0, 0.1) is 0 Å². The Labute approximate surface area is 131 Å². The number of carboxylic acid groups (broad SMARTS) is 1.